The summed E-state index contributed by atoms with van der Waals surface area (Å²) in [4.78, 5) is 35.6. The molecule has 11 nitrogen and oxygen atoms in total. The Morgan fingerprint density at radius 3 is 2.62 bits per heavy atom. The van der Waals surface area contributed by atoms with E-state index in [9.17, 15) is 19.7 Å². The van der Waals surface area contributed by atoms with E-state index in [2.05, 4.69) is 10.6 Å². The molecular weight excluding hydrogens is 422 g/mol. The lowest BCUT2D eigenvalue weighted by molar-refractivity contribution is -0.384. The summed E-state index contributed by atoms with van der Waals surface area (Å²) in [6.45, 7) is 2.98. The van der Waals surface area contributed by atoms with Gasteiger partial charge in [0.2, 0.25) is 0 Å². The first kappa shape index (κ1) is 22.8. The van der Waals surface area contributed by atoms with E-state index in [1.807, 2.05) is 0 Å². The van der Waals surface area contributed by atoms with E-state index >= 15 is 0 Å². The highest BCUT2D eigenvalue weighted by molar-refractivity contribution is 5.98. The van der Waals surface area contributed by atoms with E-state index in [4.69, 9.17) is 18.9 Å². The third kappa shape index (κ3) is 5.64. The van der Waals surface area contributed by atoms with Gasteiger partial charge in [0, 0.05) is 31.5 Å². The van der Waals surface area contributed by atoms with E-state index in [0.29, 0.717) is 43.6 Å². The summed E-state index contributed by atoms with van der Waals surface area (Å²) in [5.41, 5.74) is 0.356. The molecule has 0 saturated heterocycles. The molecule has 0 spiro atoms. The molecule has 1 aliphatic rings. The number of hydrogen-bond donors (Lipinski definition) is 2. The van der Waals surface area contributed by atoms with Gasteiger partial charge in [-0.05, 0) is 31.2 Å². The number of methoxy groups -OCH3 is 1. The summed E-state index contributed by atoms with van der Waals surface area (Å²) in [5, 5.41) is 16.9. The lowest BCUT2D eigenvalue weighted by atomic mass is 10.1. The normalized spacial score (nSPS) is 13.1. The minimum absolute atomic E-state index is 0.0482. The zero-order chi connectivity index (χ0) is 23.1. The number of nitro benzene ring substituents is 1. The van der Waals surface area contributed by atoms with Crippen LogP contribution in [0.4, 0.5) is 17.1 Å². The van der Waals surface area contributed by atoms with Gasteiger partial charge in [-0.3, -0.25) is 14.9 Å². The minimum Gasteiger partial charge on any atom is -0.486 e. The van der Waals surface area contributed by atoms with E-state index in [-0.39, 0.29) is 16.9 Å². The molecule has 1 heterocycles. The first-order chi connectivity index (χ1) is 15.4. The van der Waals surface area contributed by atoms with Crippen LogP contribution in [0.5, 0.6) is 11.5 Å². The van der Waals surface area contributed by atoms with Gasteiger partial charge in [-0.25, -0.2) is 4.79 Å². The molecule has 0 bridgehead atoms. The van der Waals surface area contributed by atoms with Crippen LogP contribution >= 0.6 is 0 Å². The summed E-state index contributed by atoms with van der Waals surface area (Å²) in [5.74, 6) is -0.343. The monoisotopic (exact) mass is 445 g/mol. The molecule has 170 valence electrons. The minimum atomic E-state index is -1.14. The Hall–Kier alpha value is -3.86. The van der Waals surface area contributed by atoms with Gasteiger partial charge in [-0.2, -0.15) is 0 Å². The predicted octanol–water partition coefficient (Wildman–Crippen LogP) is 2.61. The number of carbonyl (C=O) groups is 2. The number of carbonyl (C=O) groups excluding carboxylic acids is 2. The van der Waals surface area contributed by atoms with Gasteiger partial charge in [-0.1, -0.05) is 0 Å². The van der Waals surface area contributed by atoms with E-state index in [1.54, 1.807) is 18.2 Å². The second kappa shape index (κ2) is 10.4. The molecule has 2 aromatic rings. The van der Waals surface area contributed by atoms with Crippen molar-refractivity contribution in [3.05, 3.63) is 52.1 Å². The zero-order valence-corrected chi connectivity index (χ0v) is 17.6. The van der Waals surface area contributed by atoms with Crippen LogP contribution in [0.25, 0.3) is 0 Å². The Morgan fingerprint density at radius 1 is 1.16 bits per heavy atom. The van der Waals surface area contributed by atoms with E-state index in [1.165, 1.54) is 26.2 Å². The highest BCUT2D eigenvalue weighted by Crippen LogP contribution is 2.32. The van der Waals surface area contributed by atoms with Crippen molar-refractivity contribution in [1.29, 1.82) is 0 Å². The number of benzene rings is 2. The standard InChI is InChI=1S/C21H23N3O8/c1-13(20(25)23-15-4-6-18-19(12-15)31-10-9-30-18)32-21(26)14-3-5-16(22-7-8-29-2)17(11-14)24(27)28/h3-6,11-13,22H,7-10H2,1-2H3,(H,23,25). The van der Waals surface area contributed by atoms with Crippen LogP contribution in [-0.2, 0) is 14.3 Å². The number of nitrogens with zero attached hydrogens (tertiary/aromatic N) is 1. The summed E-state index contributed by atoms with van der Waals surface area (Å²) in [7, 11) is 1.51. The van der Waals surface area contributed by atoms with E-state index < -0.39 is 22.9 Å². The zero-order valence-electron chi connectivity index (χ0n) is 17.6. The van der Waals surface area contributed by atoms with Crippen molar-refractivity contribution in [3.63, 3.8) is 0 Å². The molecule has 1 atom stereocenters. The molecule has 2 N–H and O–H groups in total. The average molecular weight is 445 g/mol. The fourth-order valence-corrected chi connectivity index (χ4v) is 2.89. The topological polar surface area (TPSA) is 138 Å². The number of rotatable bonds is 9. The molecule has 2 aromatic carbocycles. The quantitative estimate of drug-likeness (QED) is 0.258. The number of hydrogen-bond acceptors (Lipinski definition) is 9. The molecule has 1 amide bonds. The average Bonchev–Trinajstić information content (AvgIpc) is 2.79. The van der Waals surface area contributed by atoms with Crippen LogP contribution in [0.3, 0.4) is 0 Å². The number of ether oxygens (including phenoxy) is 4. The van der Waals surface area contributed by atoms with Gasteiger partial charge < -0.3 is 29.6 Å². The number of esters is 1. The molecule has 0 aromatic heterocycles. The highest BCUT2D eigenvalue weighted by atomic mass is 16.6. The summed E-state index contributed by atoms with van der Waals surface area (Å²) >= 11 is 0. The summed E-state index contributed by atoms with van der Waals surface area (Å²) < 4.78 is 21.0. The van der Waals surface area contributed by atoms with Gasteiger partial charge >= 0.3 is 5.97 Å². The van der Waals surface area contributed by atoms with Crippen LogP contribution in [-0.4, -0.2) is 56.4 Å². The van der Waals surface area contributed by atoms with E-state index in [0.717, 1.165) is 6.07 Å². The lowest BCUT2D eigenvalue weighted by Crippen LogP contribution is -2.30. The Kier molecular flexibility index (Phi) is 7.45. The SMILES string of the molecule is COCCNc1ccc(C(=O)OC(C)C(=O)Nc2ccc3c(c2)OCCO3)cc1[N+](=O)[O-]. The maximum atomic E-state index is 12.4. The fraction of sp³-hybridized carbons (Fsp3) is 0.333. The maximum absolute atomic E-state index is 12.4. The number of fused-ring (bicyclic) bond motifs is 1. The molecule has 0 radical (unpaired) electrons. The molecule has 32 heavy (non-hydrogen) atoms. The van der Waals surface area contributed by atoms with Crippen LogP contribution in [0.1, 0.15) is 17.3 Å². The van der Waals surface area contributed by atoms with Crippen LogP contribution in [0.2, 0.25) is 0 Å². The number of nitro groups is 1. The molecule has 1 unspecified atom stereocenters. The van der Waals surface area contributed by atoms with Crippen molar-refractivity contribution in [2.24, 2.45) is 0 Å². The second-order valence-corrected chi connectivity index (χ2v) is 6.80. The molecule has 11 heteroatoms. The van der Waals surface area contributed by atoms with Crippen molar-refractivity contribution >= 4 is 28.9 Å². The van der Waals surface area contributed by atoms with Crippen LogP contribution in [0, 0.1) is 10.1 Å². The first-order valence-electron chi connectivity index (χ1n) is 9.81. The van der Waals surface area contributed by atoms with Gasteiger partial charge in [0.1, 0.15) is 18.9 Å². The maximum Gasteiger partial charge on any atom is 0.339 e. The second-order valence-electron chi connectivity index (χ2n) is 6.80. The largest absolute Gasteiger partial charge is 0.486 e. The number of amides is 1. The number of nitrogens with one attached hydrogen (secondary N) is 2. The van der Waals surface area contributed by atoms with Gasteiger partial charge in [-0.15, -0.1) is 0 Å². The number of anilines is 2. The first-order valence-corrected chi connectivity index (χ1v) is 9.81. The van der Waals surface area contributed by atoms with Gasteiger partial charge in [0.25, 0.3) is 11.6 Å². The molecule has 0 fully saturated rings. The van der Waals surface area contributed by atoms with Crippen LogP contribution in [0.15, 0.2) is 36.4 Å². The molecule has 0 aliphatic carbocycles. The smallest absolute Gasteiger partial charge is 0.339 e. The van der Waals surface area contributed by atoms with Crippen molar-refractivity contribution < 1.29 is 33.5 Å². The van der Waals surface area contributed by atoms with Gasteiger partial charge in [0.15, 0.2) is 17.6 Å². The lowest BCUT2D eigenvalue weighted by Gasteiger charge is -2.19. The highest BCUT2D eigenvalue weighted by Gasteiger charge is 2.23. The predicted molar refractivity (Wildman–Crippen MR) is 114 cm³/mol. The third-order valence-electron chi connectivity index (χ3n) is 4.51. The molecule has 3 rings (SSSR count). The van der Waals surface area contributed by atoms with Crippen molar-refractivity contribution in [2.75, 3.05) is 44.1 Å². The molecular formula is C21H23N3O8. The Bertz CT molecular complexity index is 1010. The molecule has 1 aliphatic heterocycles. The summed E-state index contributed by atoms with van der Waals surface area (Å²) in [6, 6.07) is 8.81. The Morgan fingerprint density at radius 2 is 1.91 bits per heavy atom. The Labute approximate surface area is 183 Å². The van der Waals surface area contributed by atoms with Crippen LogP contribution < -0.4 is 20.1 Å². The van der Waals surface area contributed by atoms with Crippen molar-refractivity contribution in [3.8, 4) is 11.5 Å². The summed E-state index contributed by atoms with van der Waals surface area (Å²) in [6.07, 6.45) is -1.14. The third-order valence-corrected chi connectivity index (χ3v) is 4.51. The molecule has 0 saturated carbocycles. The Balaban J connectivity index is 1.63. The fourth-order valence-electron chi connectivity index (χ4n) is 2.89. The van der Waals surface area contributed by atoms with Crippen molar-refractivity contribution in [2.45, 2.75) is 13.0 Å². The van der Waals surface area contributed by atoms with Crippen molar-refractivity contribution in [1.82, 2.24) is 0 Å². The van der Waals surface area contributed by atoms with Gasteiger partial charge in [0.05, 0.1) is 17.1 Å².